The number of hydrogen-bond donors (Lipinski definition) is 1. The molecule has 1 saturated carbocycles. The maximum absolute atomic E-state index is 11.7. The SMILES string of the molecule is C[C@@H](NC(=O)C1CC1)c1cc2ccccc2o1. The molecule has 3 rings (SSSR count). The highest BCUT2D eigenvalue weighted by molar-refractivity contribution is 5.82. The Morgan fingerprint density at radius 2 is 2.18 bits per heavy atom. The first-order chi connectivity index (χ1) is 8.24. The lowest BCUT2D eigenvalue weighted by Crippen LogP contribution is -2.27. The van der Waals surface area contributed by atoms with Crippen LogP contribution in [0, 0.1) is 5.92 Å². The van der Waals surface area contributed by atoms with Gasteiger partial charge >= 0.3 is 0 Å². The predicted molar refractivity (Wildman–Crippen MR) is 65.5 cm³/mol. The zero-order valence-corrected chi connectivity index (χ0v) is 9.77. The van der Waals surface area contributed by atoms with Crippen LogP contribution in [0.2, 0.25) is 0 Å². The van der Waals surface area contributed by atoms with Gasteiger partial charge in [0.2, 0.25) is 5.91 Å². The number of para-hydroxylation sites is 1. The largest absolute Gasteiger partial charge is 0.459 e. The fourth-order valence-electron chi connectivity index (χ4n) is 1.96. The maximum Gasteiger partial charge on any atom is 0.223 e. The van der Waals surface area contributed by atoms with Crippen molar-refractivity contribution in [2.75, 3.05) is 0 Å². The summed E-state index contributed by atoms with van der Waals surface area (Å²) in [4.78, 5) is 11.7. The molecule has 0 bridgehead atoms. The molecule has 0 aliphatic heterocycles. The van der Waals surface area contributed by atoms with Gasteiger partial charge in [-0.3, -0.25) is 4.79 Å². The van der Waals surface area contributed by atoms with Crippen molar-refractivity contribution in [2.45, 2.75) is 25.8 Å². The molecule has 3 heteroatoms. The number of fused-ring (bicyclic) bond motifs is 1. The molecule has 0 saturated heterocycles. The Bertz CT molecular complexity index is 521. The van der Waals surface area contributed by atoms with Crippen molar-refractivity contribution in [3.63, 3.8) is 0 Å². The first-order valence-electron chi connectivity index (χ1n) is 6.03. The van der Waals surface area contributed by atoms with Gasteiger partial charge < -0.3 is 9.73 Å². The quantitative estimate of drug-likeness (QED) is 0.879. The van der Waals surface area contributed by atoms with E-state index in [1.54, 1.807) is 0 Å². The molecule has 0 radical (unpaired) electrons. The van der Waals surface area contributed by atoms with Gasteiger partial charge in [0.05, 0.1) is 6.04 Å². The molecule has 1 heterocycles. The number of carbonyl (C=O) groups excluding carboxylic acids is 1. The molecular formula is C14H15NO2. The Labute approximate surface area is 99.8 Å². The summed E-state index contributed by atoms with van der Waals surface area (Å²) >= 11 is 0. The topological polar surface area (TPSA) is 42.2 Å². The number of benzene rings is 1. The second kappa shape index (κ2) is 3.91. The van der Waals surface area contributed by atoms with E-state index in [4.69, 9.17) is 4.42 Å². The number of rotatable bonds is 3. The highest BCUT2D eigenvalue weighted by Gasteiger charge is 2.30. The number of amides is 1. The second-order valence-electron chi connectivity index (χ2n) is 4.69. The van der Waals surface area contributed by atoms with Crippen LogP contribution in [0.1, 0.15) is 31.6 Å². The van der Waals surface area contributed by atoms with Crippen LogP contribution in [0.3, 0.4) is 0 Å². The van der Waals surface area contributed by atoms with E-state index in [-0.39, 0.29) is 17.9 Å². The van der Waals surface area contributed by atoms with E-state index < -0.39 is 0 Å². The molecule has 2 aromatic rings. The van der Waals surface area contributed by atoms with E-state index in [1.165, 1.54) is 0 Å². The van der Waals surface area contributed by atoms with Crippen molar-refractivity contribution in [1.82, 2.24) is 5.32 Å². The van der Waals surface area contributed by atoms with Crippen LogP contribution in [0.15, 0.2) is 34.7 Å². The molecule has 1 atom stereocenters. The summed E-state index contributed by atoms with van der Waals surface area (Å²) in [6.45, 7) is 1.96. The minimum absolute atomic E-state index is 0.0597. The van der Waals surface area contributed by atoms with Crippen LogP contribution in [0.5, 0.6) is 0 Å². The summed E-state index contributed by atoms with van der Waals surface area (Å²) in [5, 5.41) is 4.07. The van der Waals surface area contributed by atoms with E-state index in [1.807, 2.05) is 37.3 Å². The molecule has 88 valence electrons. The molecule has 0 spiro atoms. The summed E-state index contributed by atoms with van der Waals surface area (Å²) in [6, 6.07) is 9.81. The van der Waals surface area contributed by atoms with Gasteiger partial charge in [-0.05, 0) is 31.9 Å². The molecule has 0 unspecified atom stereocenters. The average Bonchev–Trinajstić information content (AvgIpc) is 3.08. The first-order valence-corrected chi connectivity index (χ1v) is 6.03. The Morgan fingerprint density at radius 1 is 1.41 bits per heavy atom. The maximum atomic E-state index is 11.7. The summed E-state index contributed by atoms with van der Waals surface area (Å²) < 4.78 is 5.72. The average molecular weight is 229 g/mol. The Kier molecular flexibility index (Phi) is 2.39. The van der Waals surface area contributed by atoms with Crippen molar-refractivity contribution in [2.24, 2.45) is 5.92 Å². The zero-order chi connectivity index (χ0) is 11.8. The van der Waals surface area contributed by atoms with Gasteiger partial charge in [-0.2, -0.15) is 0 Å². The standard InChI is InChI=1S/C14H15NO2/c1-9(15-14(16)10-6-7-10)13-8-11-4-2-3-5-12(11)17-13/h2-5,8-10H,6-7H2,1H3,(H,15,16)/t9-/m1/s1. The highest BCUT2D eigenvalue weighted by Crippen LogP contribution is 2.30. The summed E-state index contributed by atoms with van der Waals surface area (Å²) in [6.07, 6.45) is 2.05. The van der Waals surface area contributed by atoms with E-state index in [2.05, 4.69) is 5.32 Å². The molecular weight excluding hydrogens is 214 g/mol. The second-order valence-corrected chi connectivity index (χ2v) is 4.69. The highest BCUT2D eigenvalue weighted by atomic mass is 16.3. The number of furan rings is 1. The van der Waals surface area contributed by atoms with Gasteiger partial charge in [-0.1, -0.05) is 18.2 Å². The molecule has 3 nitrogen and oxygen atoms in total. The van der Waals surface area contributed by atoms with Gasteiger partial charge in [0, 0.05) is 11.3 Å². The minimum atomic E-state index is -0.0597. The Morgan fingerprint density at radius 3 is 2.88 bits per heavy atom. The number of carbonyl (C=O) groups is 1. The van der Waals surface area contributed by atoms with Crippen molar-refractivity contribution in [1.29, 1.82) is 0 Å². The first kappa shape index (κ1) is 10.4. The van der Waals surface area contributed by atoms with Crippen molar-refractivity contribution < 1.29 is 9.21 Å². The van der Waals surface area contributed by atoms with Gasteiger partial charge in [-0.25, -0.2) is 0 Å². The van der Waals surface area contributed by atoms with Crippen LogP contribution < -0.4 is 5.32 Å². The molecule has 1 aromatic heterocycles. The molecule has 17 heavy (non-hydrogen) atoms. The fraction of sp³-hybridized carbons (Fsp3) is 0.357. The van der Waals surface area contributed by atoms with E-state index in [0.29, 0.717) is 0 Å². The molecule has 1 amide bonds. The molecule has 1 aliphatic rings. The van der Waals surface area contributed by atoms with Gasteiger partial charge in [0.1, 0.15) is 11.3 Å². The lowest BCUT2D eigenvalue weighted by Gasteiger charge is -2.10. The van der Waals surface area contributed by atoms with Crippen LogP contribution in [0.4, 0.5) is 0 Å². The van der Waals surface area contributed by atoms with Crippen molar-refractivity contribution in [3.8, 4) is 0 Å². The monoisotopic (exact) mass is 229 g/mol. The lowest BCUT2D eigenvalue weighted by atomic mass is 10.2. The molecule has 1 N–H and O–H groups in total. The molecule has 1 fully saturated rings. The summed E-state index contributed by atoms with van der Waals surface area (Å²) in [5.41, 5.74) is 0.870. The van der Waals surface area contributed by atoms with Crippen molar-refractivity contribution in [3.05, 3.63) is 36.1 Å². The van der Waals surface area contributed by atoms with E-state index in [9.17, 15) is 4.79 Å². The van der Waals surface area contributed by atoms with Crippen LogP contribution in [-0.2, 0) is 4.79 Å². The van der Waals surface area contributed by atoms with E-state index >= 15 is 0 Å². The molecule has 1 aliphatic carbocycles. The summed E-state index contributed by atoms with van der Waals surface area (Å²) in [5.74, 6) is 1.21. The molecule has 1 aromatic carbocycles. The van der Waals surface area contributed by atoms with Crippen LogP contribution in [0.25, 0.3) is 11.0 Å². The van der Waals surface area contributed by atoms with Crippen LogP contribution in [-0.4, -0.2) is 5.91 Å². The van der Waals surface area contributed by atoms with Gasteiger partial charge in [0.25, 0.3) is 0 Å². The summed E-state index contributed by atoms with van der Waals surface area (Å²) in [7, 11) is 0. The third-order valence-corrected chi connectivity index (χ3v) is 3.18. The fourth-order valence-corrected chi connectivity index (χ4v) is 1.96. The zero-order valence-electron chi connectivity index (χ0n) is 9.77. The van der Waals surface area contributed by atoms with E-state index in [0.717, 1.165) is 29.6 Å². The third-order valence-electron chi connectivity index (χ3n) is 3.18. The lowest BCUT2D eigenvalue weighted by molar-refractivity contribution is -0.123. The third kappa shape index (κ3) is 2.05. The normalized spacial score (nSPS) is 17.0. The van der Waals surface area contributed by atoms with Gasteiger partial charge in [0.15, 0.2) is 0 Å². The van der Waals surface area contributed by atoms with Crippen LogP contribution >= 0.6 is 0 Å². The smallest absolute Gasteiger partial charge is 0.223 e. The Hall–Kier alpha value is -1.77. The number of hydrogen-bond acceptors (Lipinski definition) is 2. The Balaban J connectivity index is 1.79. The number of nitrogens with one attached hydrogen (secondary N) is 1. The van der Waals surface area contributed by atoms with Gasteiger partial charge in [-0.15, -0.1) is 0 Å². The van der Waals surface area contributed by atoms with Crippen molar-refractivity contribution >= 4 is 16.9 Å². The predicted octanol–water partition coefficient (Wildman–Crippen LogP) is 3.02. The minimum Gasteiger partial charge on any atom is -0.459 e.